The van der Waals surface area contributed by atoms with Crippen LogP contribution in [0.25, 0.3) is 0 Å². The minimum absolute atomic E-state index is 0.130. The zero-order valence-corrected chi connectivity index (χ0v) is 5.43. The summed E-state index contributed by atoms with van der Waals surface area (Å²) < 4.78 is 0. The monoisotopic (exact) mass is 105 g/mol. The second-order valence-electron chi connectivity index (χ2n) is 1.35. The predicted octanol–water partition coefficient (Wildman–Crippen LogP) is -1.24. The Hall–Kier alpha value is 0.137. The van der Waals surface area contributed by atoms with Crippen LogP contribution in [0.5, 0.6) is 0 Å². The average molecular weight is 105 g/mol. The molecule has 0 spiro atoms. The van der Waals surface area contributed by atoms with Crippen molar-refractivity contribution in [3.63, 3.8) is 0 Å². The number of hydrogen-bond donors (Lipinski definition) is 2. The summed E-state index contributed by atoms with van der Waals surface area (Å²) in [6.07, 6.45) is 0.919. The molecule has 0 fully saturated rings. The van der Waals surface area contributed by atoms with Crippen LogP contribution in [0.1, 0.15) is 13.3 Å². The highest BCUT2D eigenvalue weighted by molar-refractivity contribution is 6.27. The third kappa shape index (κ3) is 2.38. The topological polar surface area (TPSA) is 46.2 Å². The summed E-state index contributed by atoms with van der Waals surface area (Å²) in [6, 6.07) is 0. The first-order valence-electron chi connectivity index (χ1n) is 2.17. The van der Waals surface area contributed by atoms with Crippen molar-refractivity contribution in [2.24, 2.45) is 5.73 Å². The van der Waals surface area contributed by atoms with Crippen molar-refractivity contribution < 1.29 is 4.80 Å². The van der Waals surface area contributed by atoms with Crippen LogP contribution in [0.2, 0.25) is 0 Å². The summed E-state index contributed by atoms with van der Waals surface area (Å²) in [7, 11) is -0.884. The maximum Gasteiger partial charge on any atom is 0.173 e. The molecule has 0 aliphatic heterocycles. The highest BCUT2D eigenvalue weighted by Crippen LogP contribution is 1.76. The van der Waals surface area contributed by atoms with E-state index in [0.29, 0.717) is 0 Å². The van der Waals surface area contributed by atoms with E-state index in [4.69, 9.17) is 10.5 Å². The van der Waals surface area contributed by atoms with Gasteiger partial charge < -0.3 is 10.5 Å². The van der Waals surface area contributed by atoms with Gasteiger partial charge in [0.25, 0.3) is 0 Å². The Morgan fingerprint density at radius 1 is 2.00 bits per heavy atom. The maximum absolute atomic E-state index is 8.35. The molecule has 0 aliphatic rings. The van der Waals surface area contributed by atoms with Gasteiger partial charge in [-0.2, -0.15) is 0 Å². The minimum atomic E-state index is -0.884. The fourth-order valence-corrected chi connectivity index (χ4v) is 0.387. The lowest BCUT2D eigenvalue weighted by atomic mass is 10.5. The van der Waals surface area contributed by atoms with Crippen molar-refractivity contribution in [3.05, 3.63) is 0 Å². The first-order valence-corrected chi connectivity index (χ1v) is 3.62. The second-order valence-corrected chi connectivity index (χ2v) is 2.76. The van der Waals surface area contributed by atoms with E-state index in [0.717, 1.165) is 6.42 Å². The van der Waals surface area contributed by atoms with Gasteiger partial charge in [-0.05, 0) is 6.42 Å². The van der Waals surface area contributed by atoms with Gasteiger partial charge in [0.05, 0.1) is 0 Å². The molecule has 2 nitrogen and oxygen atoms in total. The minimum Gasteiger partial charge on any atom is -0.437 e. The van der Waals surface area contributed by atoms with Crippen LogP contribution < -0.4 is 5.73 Å². The van der Waals surface area contributed by atoms with Crippen molar-refractivity contribution >= 4 is 9.76 Å². The summed E-state index contributed by atoms with van der Waals surface area (Å²) in [4.78, 5) is 8.35. The van der Waals surface area contributed by atoms with Gasteiger partial charge in [-0.3, -0.25) is 0 Å². The van der Waals surface area contributed by atoms with Gasteiger partial charge in [-0.15, -0.1) is 0 Å². The van der Waals surface area contributed by atoms with E-state index >= 15 is 0 Å². The van der Waals surface area contributed by atoms with Crippen molar-refractivity contribution in [2.75, 3.05) is 0 Å². The molecule has 0 heterocycles. The molecular formula is C3H11NOSi. The third-order valence-corrected chi connectivity index (χ3v) is 1.81. The van der Waals surface area contributed by atoms with Gasteiger partial charge in [0, 0.05) is 5.67 Å². The van der Waals surface area contributed by atoms with Crippen molar-refractivity contribution in [1.82, 2.24) is 0 Å². The Morgan fingerprint density at radius 3 is 2.50 bits per heavy atom. The molecule has 38 valence electrons. The van der Waals surface area contributed by atoms with Crippen LogP contribution in [0.3, 0.4) is 0 Å². The van der Waals surface area contributed by atoms with Crippen LogP contribution in [0, 0.1) is 0 Å². The van der Waals surface area contributed by atoms with E-state index in [2.05, 4.69) is 0 Å². The lowest BCUT2D eigenvalue weighted by Gasteiger charge is -1.97. The van der Waals surface area contributed by atoms with E-state index in [1.165, 1.54) is 0 Å². The van der Waals surface area contributed by atoms with E-state index in [1.807, 2.05) is 6.92 Å². The van der Waals surface area contributed by atoms with Gasteiger partial charge in [0.1, 0.15) is 0 Å². The molecule has 6 heavy (non-hydrogen) atoms. The molecule has 0 aromatic carbocycles. The largest absolute Gasteiger partial charge is 0.437 e. The van der Waals surface area contributed by atoms with Crippen LogP contribution in [0.15, 0.2) is 0 Å². The smallest absolute Gasteiger partial charge is 0.173 e. The Bertz CT molecular complexity index is 30.0. The summed E-state index contributed by atoms with van der Waals surface area (Å²) in [5, 5.41) is 0. The molecule has 0 radical (unpaired) electrons. The molecule has 0 amide bonds. The van der Waals surface area contributed by atoms with Gasteiger partial charge in [-0.1, -0.05) is 6.92 Å². The van der Waals surface area contributed by atoms with Crippen molar-refractivity contribution in [2.45, 2.75) is 19.0 Å². The quantitative estimate of drug-likeness (QED) is 0.431. The SMILES string of the molecule is CCC(N)[SiH2]O. The van der Waals surface area contributed by atoms with Crippen LogP contribution in [-0.2, 0) is 0 Å². The third-order valence-electron chi connectivity index (χ3n) is 0.759. The molecular weight excluding hydrogens is 94.1 g/mol. The summed E-state index contributed by atoms with van der Waals surface area (Å²) in [5.41, 5.74) is 5.41. The fourth-order valence-electron chi connectivity index (χ4n) is 0.129. The van der Waals surface area contributed by atoms with E-state index in [1.54, 1.807) is 0 Å². The van der Waals surface area contributed by atoms with Crippen LogP contribution in [-0.4, -0.2) is 20.2 Å². The van der Waals surface area contributed by atoms with Gasteiger partial charge in [0.2, 0.25) is 0 Å². The lowest BCUT2D eigenvalue weighted by Crippen LogP contribution is -2.25. The molecule has 0 aromatic heterocycles. The van der Waals surface area contributed by atoms with E-state index < -0.39 is 9.76 Å². The molecule has 0 aliphatic carbocycles. The average Bonchev–Trinajstić information content (AvgIpc) is 1.65. The first kappa shape index (κ1) is 6.14. The van der Waals surface area contributed by atoms with Gasteiger partial charge in [0.15, 0.2) is 9.76 Å². The predicted molar refractivity (Wildman–Crippen MR) is 29.0 cm³/mol. The Kier molecular flexibility index (Phi) is 3.41. The highest BCUT2D eigenvalue weighted by Gasteiger charge is 1.92. The summed E-state index contributed by atoms with van der Waals surface area (Å²) >= 11 is 0. The van der Waals surface area contributed by atoms with Gasteiger partial charge >= 0.3 is 0 Å². The molecule has 0 saturated carbocycles. The van der Waals surface area contributed by atoms with E-state index in [9.17, 15) is 0 Å². The molecule has 0 rings (SSSR count). The molecule has 3 heteroatoms. The van der Waals surface area contributed by atoms with Crippen LogP contribution in [0.4, 0.5) is 0 Å². The number of rotatable bonds is 2. The molecule has 0 bridgehead atoms. The summed E-state index contributed by atoms with van der Waals surface area (Å²) in [5.74, 6) is 0. The molecule has 0 aromatic rings. The Morgan fingerprint density at radius 2 is 2.50 bits per heavy atom. The Labute approximate surface area is 40.3 Å². The maximum atomic E-state index is 8.35. The highest BCUT2D eigenvalue weighted by atomic mass is 28.2. The number of nitrogens with two attached hydrogens (primary N) is 1. The van der Waals surface area contributed by atoms with Crippen molar-refractivity contribution in [3.8, 4) is 0 Å². The fraction of sp³-hybridized carbons (Fsp3) is 1.00. The lowest BCUT2D eigenvalue weighted by molar-refractivity contribution is 0.575. The number of hydrogen-bond acceptors (Lipinski definition) is 2. The first-order chi connectivity index (χ1) is 2.81. The van der Waals surface area contributed by atoms with E-state index in [-0.39, 0.29) is 5.67 Å². The molecule has 1 unspecified atom stereocenters. The summed E-state index contributed by atoms with van der Waals surface area (Å²) in [6.45, 7) is 1.98. The zero-order valence-electron chi connectivity index (χ0n) is 4.02. The normalized spacial score (nSPS) is 16.5. The Balaban J connectivity index is 2.75. The zero-order chi connectivity index (χ0) is 4.99. The van der Waals surface area contributed by atoms with Crippen LogP contribution >= 0.6 is 0 Å². The molecule has 3 N–H and O–H groups in total. The van der Waals surface area contributed by atoms with Gasteiger partial charge in [-0.25, -0.2) is 0 Å². The standard InChI is InChI=1S/C3H11NOSi/c1-2-3(4)6-5/h3,5H,2,4,6H2,1H3. The van der Waals surface area contributed by atoms with Crippen molar-refractivity contribution in [1.29, 1.82) is 0 Å². The molecule has 1 atom stereocenters. The second kappa shape index (κ2) is 3.33. The molecule has 0 saturated heterocycles.